The summed E-state index contributed by atoms with van der Waals surface area (Å²) < 4.78 is 6.27. The van der Waals surface area contributed by atoms with Crippen LogP contribution in [0.15, 0.2) is 54.6 Å². The fourth-order valence-electron chi connectivity index (χ4n) is 5.57. The molecule has 1 saturated heterocycles. The summed E-state index contributed by atoms with van der Waals surface area (Å²) in [5.41, 5.74) is 1.56. The third-order valence-electron chi connectivity index (χ3n) is 7.62. The molecular formula is C30H40N2O3. The van der Waals surface area contributed by atoms with Gasteiger partial charge in [-0.15, -0.1) is 0 Å². The van der Waals surface area contributed by atoms with Crippen LogP contribution in [0.1, 0.15) is 74.7 Å². The Morgan fingerprint density at radius 1 is 1.00 bits per heavy atom. The highest BCUT2D eigenvalue weighted by molar-refractivity contribution is 5.94. The van der Waals surface area contributed by atoms with Gasteiger partial charge in [-0.2, -0.15) is 0 Å². The maximum Gasteiger partial charge on any atom is 0.253 e. The molecular weight excluding hydrogens is 436 g/mol. The summed E-state index contributed by atoms with van der Waals surface area (Å²) in [6.07, 6.45) is 7.39. The molecule has 5 heteroatoms. The van der Waals surface area contributed by atoms with E-state index in [0.29, 0.717) is 38.5 Å². The predicted octanol–water partition coefficient (Wildman–Crippen LogP) is 5.64. The zero-order chi connectivity index (χ0) is 24.7. The maximum atomic E-state index is 13.8. The molecule has 0 radical (unpaired) electrons. The molecule has 1 atom stereocenters. The van der Waals surface area contributed by atoms with Crippen molar-refractivity contribution in [1.82, 2.24) is 10.2 Å². The summed E-state index contributed by atoms with van der Waals surface area (Å²) in [7, 11) is 0. The van der Waals surface area contributed by atoms with Crippen LogP contribution in [0, 0.1) is 11.3 Å². The Morgan fingerprint density at radius 2 is 1.71 bits per heavy atom. The third-order valence-corrected chi connectivity index (χ3v) is 7.62. The Balaban J connectivity index is 1.49. The van der Waals surface area contributed by atoms with E-state index < -0.39 is 5.41 Å². The molecule has 2 aliphatic rings. The first kappa shape index (κ1) is 25.3. The fourth-order valence-corrected chi connectivity index (χ4v) is 5.57. The van der Waals surface area contributed by atoms with Crippen molar-refractivity contribution in [3.05, 3.63) is 65.7 Å². The van der Waals surface area contributed by atoms with Gasteiger partial charge in [-0.3, -0.25) is 9.59 Å². The van der Waals surface area contributed by atoms with Crippen LogP contribution in [-0.4, -0.2) is 42.5 Å². The van der Waals surface area contributed by atoms with Crippen molar-refractivity contribution in [1.29, 1.82) is 0 Å². The molecule has 5 nitrogen and oxygen atoms in total. The van der Waals surface area contributed by atoms with Gasteiger partial charge in [0.2, 0.25) is 5.91 Å². The Bertz CT molecular complexity index is 980. The van der Waals surface area contributed by atoms with Crippen LogP contribution < -0.4 is 10.1 Å². The molecule has 1 fully saturated rings. The van der Waals surface area contributed by atoms with E-state index in [1.54, 1.807) is 0 Å². The van der Waals surface area contributed by atoms with Crippen molar-refractivity contribution in [3.63, 3.8) is 0 Å². The summed E-state index contributed by atoms with van der Waals surface area (Å²) in [5.74, 6) is 1.61. The van der Waals surface area contributed by atoms with Gasteiger partial charge >= 0.3 is 0 Å². The number of fused-ring (bicyclic) bond motifs is 1. The Morgan fingerprint density at radius 3 is 2.46 bits per heavy atom. The smallest absolute Gasteiger partial charge is 0.253 e. The van der Waals surface area contributed by atoms with Crippen LogP contribution in [0.2, 0.25) is 0 Å². The maximum absolute atomic E-state index is 13.8. The first-order valence-electron chi connectivity index (χ1n) is 13.3. The number of aryl methyl sites for hydroxylation is 1. The number of nitrogens with zero attached hydrogens (tertiary/aromatic N) is 1. The fraction of sp³-hybridized carbons (Fsp3) is 0.533. The van der Waals surface area contributed by atoms with Crippen molar-refractivity contribution in [2.45, 2.75) is 71.3 Å². The number of carbonyl (C=O) groups excluding carboxylic acids is 2. The van der Waals surface area contributed by atoms with Crippen LogP contribution in [0.25, 0.3) is 0 Å². The number of benzene rings is 2. The monoisotopic (exact) mass is 476 g/mol. The first-order chi connectivity index (χ1) is 17.0. The SMILES string of the molecule is CC(C)C[C@H]1COc2ccccc2CCCCCC2(CCN(C(=O)c3ccccc3)CC2)C(=O)N1. The number of rotatable bonds is 3. The summed E-state index contributed by atoms with van der Waals surface area (Å²) in [6, 6.07) is 17.7. The second-order valence-corrected chi connectivity index (χ2v) is 10.7. The predicted molar refractivity (Wildman–Crippen MR) is 140 cm³/mol. The number of nitrogens with one attached hydrogen (secondary N) is 1. The zero-order valence-corrected chi connectivity index (χ0v) is 21.3. The van der Waals surface area contributed by atoms with Crippen LogP contribution in [0.3, 0.4) is 0 Å². The van der Waals surface area contributed by atoms with Crippen molar-refractivity contribution in [3.8, 4) is 5.75 Å². The molecule has 2 aromatic rings. The second kappa shape index (κ2) is 11.7. The lowest BCUT2D eigenvalue weighted by Gasteiger charge is -2.41. The van der Waals surface area contributed by atoms with Crippen LogP contribution in [0.4, 0.5) is 0 Å². The average molecular weight is 477 g/mol. The Hall–Kier alpha value is -2.82. The summed E-state index contributed by atoms with van der Waals surface area (Å²) >= 11 is 0. The normalized spacial score (nSPS) is 21.2. The molecule has 0 bridgehead atoms. The molecule has 4 rings (SSSR count). The highest BCUT2D eigenvalue weighted by Gasteiger charge is 2.42. The number of likely N-dealkylation sites (tertiary alicyclic amines) is 1. The highest BCUT2D eigenvalue weighted by atomic mass is 16.5. The van der Waals surface area contributed by atoms with E-state index >= 15 is 0 Å². The van der Waals surface area contributed by atoms with Gasteiger partial charge in [0.05, 0.1) is 11.5 Å². The molecule has 2 amide bonds. The van der Waals surface area contributed by atoms with Gasteiger partial charge in [-0.25, -0.2) is 0 Å². The molecule has 35 heavy (non-hydrogen) atoms. The van der Waals surface area contributed by atoms with Crippen molar-refractivity contribution >= 4 is 11.8 Å². The van der Waals surface area contributed by atoms with Crippen molar-refractivity contribution in [2.24, 2.45) is 11.3 Å². The van der Waals surface area contributed by atoms with Crippen LogP contribution in [0.5, 0.6) is 5.75 Å². The number of ether oxygens (including phenoxy) is 1. The second-order valence-electron chi connectivity index (χ2n) is 10.7. The van der Waals surface area contributed by atoms with E-state index in [2.05, 4.69) is 31.3 Å². The molecule has 0 aromatic heterocycles. The number of para-hydroxylation sites is 1. The third kappa shape index (κ3) is 6.45. The van der Waals surface area contributed by atoms with Crippen molar-refractivity contribution < 1.29 is 14.3 Å². The molecule has 1 spiro atoms. The number of amides is 2. The average Bonchev–Trinajstić information content (AvgIpc) is 2.88. The summed E-state index contributed by atoms with van der Waals surface area (Å²) in [5, 5.41) is 3.39. The molecule has 0 aliphatic carbocycles. The van der Waals surface area contributed by atoms with Gasteiger partial charge < -0.3 is 15.0 Å². The van der Waals surface area contributed by atoms with Gasteiger partial charge in [0, 0.05) is 18.7 Å². The van der Waals surface area contributed by atoms with Gasteiger partial charge in [0.15, 0.2) is 0 Å². The number of hydrogen-bond acceptors (Lipinski definition) is 3. The minimum Gasteiger partial charge on any atom is -0.491 e. The van der Waals surface area contributed by atoms with Gasteiger partial charge in [-0.05, 0) is 68.2 Å². The lowest BCUT2D eigenvalue weighted by molar-refractivity contribution is -0.135. The topological polar surface area (TPSA) is 58.6 Å². The number of hydrogen-bond donors (Lipinski definition) is 1. The number of piperidine rings is 1. The molecule has 2 aromatic carbocycles. The molecule has 2 aliphatic heterocycles. The minimum atomic E-state index is -0.413. The standard InChI is InChI=1S/C30H40N2O3/c1-23(2)21-26-22-35-27-15-9-8-12-24(27)11-7-4-10-16-30(29(34)31-26)17-19-32(20-18-30)28(33)25-13-5-3-6-14-25/h3,5-6,8-9,12-15,23,26H,4,7,10-11,16-22H2,1-2H3,(H,31,34)/t26-/m0/s1. The zero-order valence-electron chi connectivity index (χ0n) is 21.3. The quantitative estimate of drug-likeness (QED) is 0.624. The number of carbonyl (C=O) groups is 2. The van der Waals surface area contributed by atoms with Gasteiger partial charge in [0.1, 0.15) is 12.4 Å². The summed E-state index contributed by atoms with van der Waals surface area (Å²) in [4.78, 5) is 28.7. The van der Waals surface area contributed by atoms with Crippen LogP contribution >= 0.6 is 0 Å². The van der Waals surface area contributed by atoms with E-state index in [1.165, 1.54) is 5.56 Å². The van der Waals surface area contributed by atoms with E-state index in [-0.39, 0.29) is 17.9 Å². The van der Waals surface area contributed by atoms with E-state index in [1.807, 2.05) is 47.4 Å². The first-order valence-corrected chi connectivity index (χ1v) is 13.3. The van der Waals surface area contributed by atoms with Crippen LogP contribution in [-0.2, 0) is 11.2 Å². The molecule has 188 valence electrons. The van der Waals surface area contributed by atoms with E-state index in [4.69, 9.17) is 4.74 Å². The molecule has 1 N–H and O–H groups in total. The minimum absolute atomic E-state index is 0.0304. The van der Waals surface area contributed by atoms with Crippen molar-refractivity contribution in [2.75, 3.05) is 19.7 Å². The van der Waals surface area contributed by atoms with Gasteiger partial charge in [0.25, 0.3) is 5.91 Å². The molecule has 0 saturated carbocycles. The summed E-state index contributed by atoms with van der Waals surface area (Å²) in [6.45, 7) is 6.10. The lowest BCUT2D eigenvalue weighted by atomic mass is 9.73. The highest BCUT2D eigenvalue weighted by Crippen LogP contribution is 2.38. The van der Waals surface area contributed by atoms with Gasteiger partial charge in [-0.1, -0.05) is 63.1 Å². The lowest BCUT2D eigenvalue weighted by Crippen LogP contribution is -2.53. The van der Waals surface area contributed by atoms with E-state index in [9.17, 15) is 9.59 Å². The Kier molecular flexibility index (Phi) is 8.48. The van der Waals surface area contributed by atoms with E-state index in [0.717, 1.165) is 49.8 Å². The molecule has 0 unspecified atom stereocenters. The largest absolute Gasteiger partial charge is 0.491 e. The Labute approximate surface area is 210 Å². The molecule has 2 heterocycles.